The van der Waals surface area contributed by atoms with Crippen LogP contribution in [-0.2, 0) is 12.8 Å². The Morgan fingerprint density at radius 2 is 1.96 bits per heavy atom. The number of amides is 1. The molecule has 0 radical (unpaired) electrons. The molecule has 2 aliphatic rings. The van der Waals surface area contributed by atoms with Crippen LogP contribution in [0.25, 0.3) is 0 Å². The van der Waals surface area contributed by atoms with Gasteiger partial charge in [0.2, 0.25) is 0 Å². The van der Waals surface area contributed by atoms with E-state index in [-0.39, 0.29) is 17.5 Å². The monoisotopic (exact) mass is 340 g/mol. The van der Waals surface area contributed by atoms with Gasteiger partial charge in [0.15, 0.2) is 0 Å². The molecule has 5 nitrogen and oxygen atoms in total. The Morgan fingerprint density at radius 3 is 2.76 bits per heavy atom. The molecule has 6 heteroatoms. The van der Waals surface area contributed by atoms with Crippen molar-refractivity contribution in [1.82, 2.24) is 14.9 Å². The highest BCUT2D eigenvalue weighted by Gasteiger charge is 2.26. The Kier molecular flexibility index (Phi) is 4.34. The summed E-state index contributed by atoms with van der Waals surface area (Å²) in [5.41, 5.74) is 2.56. The quantitative estimate of drug-likeness (QED) is 0.933. The second-order valence-electron chi connectivity index (χ2n) is 6.69. The van der Waals surface area contributed by atoms with E-state index in [9.17, 15) is 9.18 Å². The van der Waals surface area contributed by atoms with E-state index in [4.69, 9.17) is 0 Å². The van der Waals surface area contributed by atoms with Gasteiger partial charge in [-0.1, -0.05) is 12.1 Å². The number of likely N-dealkylation sites (tertiary alicyclic amines) is 1. The Balaban J connectivity index is 1.38. The Labute approximate surface area is 146 Å². The van der Waals surface area contributed by atoms with Crippen LogP contribution in [0.3, 0.4) is 0 Å². The van der Waals surface area contributed by atoms with E-state index in [1.165, 1.54) is 11.6 Å². The molecule has 1 amide bonds. The molecule has 1 aliphatic carbocycles. The summed E-state index contributed by atoms with van der Waals surface area (Å²) in [5, 5.41) is 3.53. The smallest absolute Gasteiger partial charge is 0.256 e. The highest BCUT2D eigenvalue weighted by molar-refractivity contribution is 5.94. The Morgan fingerprint density at radius 1 is 1.16 bits per heavy atom. The van der Waals surface area contributed by atoms with Gasteiger partial charge in [0, 0.05) is 30.4 Å². The summed E-state index contributed by atoms with van der Waals surface area (Å²) >= 11 is 0. The van der Waals surface area contributed by atoms with Crippen molar-refractivity contribution in [3.05, 3.63) is 53.2 Å². The number of benzene rings is 1. The fourth-order valence-corrected chi connectivity index (χ4v) is 3.71. The maximum absolute atomic E-state index is 13.8. The van der Waals surface area contributed by atoms with Crippen molar-refractivity contribution >= 4 is 11.7 Å². The van der Waals surface area contributed by atoms with Gasteiger partial charge >= 0.3 is 0 Å². The fourth-order valence-electron chi connectivity index (χ4n) is 3.71. The van der Waals surface area contributed by atoms with Crippen molar-refractivity contribution in [1.29, 1.82) is 0 Å². The number of nitrogens with zero attached hydrogens (tertiary/aromatic N) is 3. The van der Waals surface area contributed by atoms with E-state index in [1.807, 2.05) is 0 Å². The second-order valence-corrected chi connectivity index (χ2v) is 6.69. The van der Waals surface area contributed by atoms with Crippen LogP contribution in [0, 0.1) is 5.82 Å². The first kappa shape index (κ1) is 16.0. The molecule has 0 atom stereocenters. The fraction of sp³-hybridized carbons (Fsp3) is 0.421. The van der Waals surface area contributed by atoms with Gasteiger partial charge in [0.05, 0.1) is 5.56 Å². The first-order valence-corrected chi connectivity index (χ1v) is 8.85. The van der Waals surface area contributed by atoms with E-state index < -0.39 is 5.82 Å². The van der Waals surface area contributed by atoms with Gasteiger partial charge < -0.3 is 10.2 Å². The number of piperidine rings is 1. The third-order valence-corrected chi connectivity index (χ3v) is 5.10. The zero-order valence-electron chi connectivity index (χ0n) is 14.0. The van der Waals surface area contributed by atoms with Crippen LogP contribution in [0.15, 0.2) is 30.6 Å². The lowest BCUT2D eigenvalue weighted by Crippen LogP contribution is -2.42. The molecule has 1 N–H and O–H groups in total. The van der Waals surface area contributed by atoms with Gasteiger partial charge in [-0.15, -0.1) is 0 Å². The molecule has 2 heterocycles. The molecular weight excluding hydrogens is 319 g/mol. The van der Waals surface area contributed by atoms with E-state index in [0.29, 0.717) is 13.1 Å². The Hall–Kier alpha value is -2.50. The third kappa shape index (κ3) is 3.21. The highest BCUT2D eigenvalue weighted by Crippen LogP contribution is 2.27. The van der Waals surface area contributed by atoms with Gasteiger partial charge in [0.25, 0.3) is 5.91 Å². The maximum atomic E-state index is 13.8. The molecule has 1 saturated heterocycles. The van der Waals surface area contributed by atoms with Gasteiger partial charge in [-0.3, -0.25) is 4.79 Å². The molecule has 0 spiro atoms. The molecule has 1 aliphatic heterocycles. The minimum Gasteiger partial charge on any atom is -0.367 e. The Bertz CT molecular complexity index is 787. The first-order chi connectivity index (χ1) is 12.2. The van der Waals surface area contributed by atoms with Gasteiger partial charge in [-0.05, 0) is 44.2 Å². The second kappa shape index (κ2) is 6.78. The average Bonchev–Trinajstić information content (AvgIpc) is 3.12. The van der Waals surface area contributed by atoms with Crippen molar-refractivity contribution in [2.24, 2.45) is 0 Å². The maximum Gasteiger partial charge on any atom is 0.256 e. The molecule has 25 heavy (non-hydrogen) atoms. The zero-order chi connectivity index (χ0) is 17.2. The summed E-state index contributed by atoms with van der Waals surface area (Å²) < 4.78 is 13.8. The topological polar surface area (TPSA) is 58.1 Å². The van der Waals surface area contributed by atoms with E-state index in [0.717, 1.165) is 43.6 Å². The number of fused-ring (bicyclic) bond motifs is 1. The molecule has 130 valence electrons. The lowest BCUT2D eigenvalue weighted by molar-refractivity contribution is 0.0713. The molecule has 4 rings (SSSR count). The summed E-state index contributed by atoms with van der Waals surface area (Å²) in [5.74, 6) is 0.269. The van der Waals surface area contributed by atoms with E-state index >= 15 is 0 Å². The van der Waals surface area contributed by atoms with Crippen molar-refractivity contribution in [3.63, 3.8) is 0 Å². The van der Waals surface area contributed by atoms with E-state index in [2.05, 4.69) is 15.3 Å². The summed E-state index contributed by atoms with van der Waals surface area (Å²) in [6.45, 7) is 1.25. The van der Waals surface area contributed by atoms with Crippen LogP contribution in [-0.4, -0.2) is 39.9 Å². The van der Waals surface area contributed by atoms with Gasteiger partial charge in [0.1, 0.15) is 18.0 Å². The molecular formula is C19H21FN4O. The largest absolute Gasteiger partial charge is 0.367 e. The van der Waals surface area contributed by atoms with Crippen molar-refractivity contribution in [3.8, 4) is 0 Å². The summed E-state index contributed by atoms with van der Waals surface area (Å²) in [7, 11) is 0. The summed E-state index contributed by atoms with van der Waals surface area (Å²) in [6.07, 6.45) is 6.49. The number of hydrogen-bond donors (Lipinski definition) is 1. The number of aromatic nitrogens is 2. The average molecular weight is 340 g/mol. The number of halogens is 1. The molecule has 2 aromatic rings. The van der Waals surface area contributed by atoms with Crippen molar-refractivity contribution < 1.29 is 9.18 Å². The molecule has 0 unspecified atom stereocenters. The lowest BCUT2D eigenvalue weighted by Gasteiger charge is -2.33. The summed E-state index contributed by atoms with van der Waals surface area (Å²) in [6, 6.07) is 6.45. The predicted octanol–water partition coefficient (Wildman–Crippen LogP) is 2.82. The molecule has 1 aromatic carbocycles. The van der Waals surface area contributed by atoms with Crippen LogP contribution < -0.4 is 5.32 Å². The SMILES string of the molecule is O=C(c1ccccc1F)N1CCC(Nc2ncnc3c2CCC3)CC1. The number of carbonyl (C=O) groups excluding carboxylic acids is 1. The number of nitrogens with one attached hydrogen (secondary N) is 1. The number of aryl methyl sites for hydroxylation is 1. The number of hydrogen-bond acceptors (Lipinski definition) is 4. The third-order valence-electron chi connectivity index (χ3n) is 5.10. The number of carbonyl (C=O) groups is 1. The van der Waals surface area contributed by atoms with Crippen LogP contribution in [0.4, 0.5) is 10.2 Å². The standard InChI is InChI=1S/C19H21FN4O/c20-16-6-2-1-4-14(16)19(25)24-10-8-13(9-11-24)23-18-15-5-3-7-17(15)21-12-22-18/h1-2,4,6,12-13H,3,5,7-11H2,(H,21,22,23). The van der Waals surface area contributed by atoms with Gasteiger partial charge in [-0.2, -0.15) is 0 Å². The molecule has 0 bridgehead atoms. The minimum atomic E-state index is -0.454. The van der Waals surface area contributed by atoms with Gasteiger partial charge in [-0.25, -0.2) is 14.4 Å². The number of anilines is 1. The minimum absolute atomic E-state index is 0.155. The first-order valence-electron chi connectivity index (χ1n) is 8.85. The summed E-state index contributed by atoms with van der Waals surface area (Å²) in [4.78, 5) is 23.0. The van der Waals surface area contributed by atoms with E-state index in [1.54, 1.807) is 29.4 Å². The van der Waals surface area contributed by atoms with Crippen LogP contribution in [0.1, 0.15) is 40.9 Å². The molecule has 1 aromatic heterocycles. The molecule has 1 fully saturated rings. The molecule has 0 saturated carbocycles. The lowest BCUT2D eigenvalue weighted by atomic mass is 10.0. The predicted molar refractivity (Wildman–Crippen MR) is 93.0 cm³/mol. The van der Waals surface area contributed by atoms with Crippen molar-refractivity contribution in [2.75, 3.05) is 18.4 Å². The highest BCUT2D eigenvalue weighted by atomic mass is 19.1. The number of rotatable bonds is 3. The van der Waals surface area contributed by atoms with Crippen molar-refractivity contribution in [2.45, 2.75) is 38.1 Å². The zero-order valence-corrected chi connectivity index (χ0v) is 14.0. The van der Waals surface area contributed by atoms with Crippen LogP contribution in [0.2, 0.25) is 0 Å². The normalized spacial score (nSPS) is 17.4. The van der Waals surface area contributed by atoms with Crippen LogP contribution in [0.5, 0.6) is 0 Å². The van der Waals surface area contributed by atoms with Crippen LogP contribution >= 0.6 is 0 Å².